The molecule has 1 aliphatic heterocycles. The molecule has 5 heteroatoms. The van der Waals surface area contributed by atoms with Gasteiger partial charge in [-0.05, 0) is 20.0 Å². The van der Waals surface area contributed by atoms with Gasteiger partial charge in [-0.15, -0.1) is 10.2 Å². The third kappa shape index (κ3) is 1.23. The Kier molecular flexibility index (Phi) is 1.58. The van der Waals surface area contributed by atoms with Crippen molar-refractivity contribution in [1.82, 2.24) is 25.5 Å². The summed E-state index contributed by atoms with van der Waals surface area (Å²) in [6, 6.07) is 0. The molecule has 2 heterocycles. The van der Waals surface area contributed by atoms with Crippen molar-refractivity contribution in [2.24, 2.45) is 0 Å². The number of H-pyrrole nitrogens is 1. The van der Waals surface area contributed by atoms with Crippen molar-refractivity contribution >= 4 is 0 Å². The maximum atomic E-state index is 3.96. The Morgan fingerprint density at radius 3 is 3.09 bits per heavy atom. The van der Waals surface area contributed by atoms with E-state index < -0.39 is 0 Å². The van der Waals surface area contributed by atoms with Crippen molar-refractivity contribution < 1.29 is 0 Å². The molecular formula is C6H11N5. The molecule has 1 fully saturated rings. The third-order valence-electron chi connectivity index (χ3n) is 2.12. The van der Waals surface area contributed by atoms with Gasteiger partial charge >= 0.3 is 0 Å². The number of rotatable bonds is 1. The molecule has 11 heavy (non-hydrogen) atoms. The first-order valence-corrected chi connectivity index (χ1v) is 3.78. The van der Waals surface area contributed by atoms with Crippen LogP contribution in [-0.2, 0) is 0 Å². The molecule has 0 aliphatic carbocycles. The second-order valence-corrected chi connectivity index (χ2v) is 3.02. The molecule has 2 rings (SSSR count). The lowest BCUT2D eigenvalue weighted by Crippen LogP contribution is -2.13. The number of aromatic nitrogens is 4. The van der Waals surface area contributed by atoms with E-state index in [1.54, 1.807) is 0 Å². The molecule has 1 saturated heterocycles. The number of nitrogens with one attached hydrogen (secondary N) is 1. The van der Waals surface area contributed by atoms with Crippen LogP contribution in [0.25, 0.3) is 0 Å². The summed E-state index contributed by atoms with van der Waals surface area (Å²) >= 11 is 0. The Morgan fingerprint density at radius 1 is 1.64 bits per heavy atom. The maximum absolute atomic E-state index is 3.96. The van der Waals surface area contributed by atoms with Crippen LogP contribution < -0.4 is 0 Å². The Labute approximate surface area is 64.8 Å². The molecule has 60 valence electrons. The molecule has 1 atom stereocenters. The lowest BCUT2D eigenvalue weighted by molar-refractivity contribution is 0.409. The molecule has 1 aromatic heterocycles. The zero-order chi connectivity index (χ0) is 7.68. The first-order valence-electron chi connectivity index (χ1n) is 3.78. The molecule has 1 N–H and O–H groups in total. The van der Waals surface area contributed by atoms with Crippen molar-refractivity contribution in [2.75, 3.05) is 20.1 Å². The molecule has 0 amide bonds. The fourth-order valence-electron chi connectivity index (χ4n) is 1.49. The molecular weight excluding hydrogens is 142 g/mol. The zero-order valence-electron chi connectivity index (χ0n) is 6.49. The average molecular weight is 153 g/mol. The summed E-state index contributed by atoms with van der Waals surface area (Å²) in [5.41, 5.74) is 0. The minimum Gasteiger partial charge on any atom is -0.306 e. The minimum atomic E-state index is 0.485. The predicted molar refractivity (Wildman–Crippen MR) is 39.0 cm³/mol. The standard InChI is InChI=1S/C6H11N5/c1-11-3-2-5(4-11)6-7-9-10-8-6/h5H,2-4H2,1H3,(H,7,8,9,10)/t5-/m1/s1. The number of tetrazole rings is 1. The molecule has 0 spiro atoms. The summed E-state index contributed by atoms with van der Waals surface area (Å²) in [5, 5.41) is 13.9. The first-order chi connectivity index (χ1) is 5.36. The molecule has 0 bridgehead atoms. The first kappa shape index (κ1) is 6.72. The normalized spacial score (nSPS) is 26.1. The highest BCUT2D eigenvalue weighted by molar-refractivity contribution is 4.96. The third-order valence-corrected chi connectivity index (χ3v) is 2.12. The van der Waals surface area contributed by atoms with Gasteiger partial charge in [0, 0.05) is 12.5 Å². The van der Waals surface area contributed by atoms with Gasteiger partial charge in [0.1, 0.15) is 0 Å². The lowest BCUT2D eigenvalue weighted by Gasteiger charge is -2.04. The van der Waals surface area contributed by atoms with E-state index >= 15 is 0 Å². The van der Waals surface area contributed by atoms with Crippen LogP contribution in [0.3, 0.4) is 0 Å². The Balaban J connectivity index is 2.08. The Morgan fingerprint density at radius 2 is 2.55 bits per heavy atom. The van der Waals surface area contributed by atoms with Crippen LogP contribution in [-0.4, -0.2) is 45.7 Å². The second-order valence-electron chi connectivity index (χ2n) is 3.02. The zero-order valence-corrected chi connectivity index (χ0v) is 6.49. The van der Waals surface area contributed by atoms with Crippen LogP contribution in [0.5, 0.6) is 0 Å². The summed E-state index contributed by atoms with van der Waals surface area (Å²) in [4.78, 5) is 2.28. The van der Waals surface area contributed by atoms with Crippen molar-refractivity contribution in [3.63, 3.8) is 0 Å². The molecule has 0 unspecified atom stereocenters. The van der Waals surface area contributed by atoms with Crippen LogP contribution in [0.15, 0.2) is 0 Å². The summed E-state index contributed by atoms with van der Waals surface area (Å²) in [7, 11) is 2.11. The maximum Gasteiger partial charge on any atom is 0.178 e. The van der Waals surface area contributed by atoms with Crippen molar-refractivity contribution in [1.29, 1.82) is 0 Å². The Bertz CT molecular complexity index is 219. The van der Waals surface area contributed by atoms with Gasteiger partial charge < -0.3 is 4.90 Å². The van der Waals surface area contributed by atoms with Gasteiger partial charge in [0.05, 0.1) is 0 Å². The number of hydrogen-bond donors (Lipinski definition) is 1. The SMILES string of the molecule is CN1CC[C@@H](c2nn[nH]n2)C1. The summed E-state index contributed by atoms with van der Waals surface area (Å²) in [6.45, 7) is 2.19. The smallest absolute Gasteiger partial charge is 0.178 e. The molecule has 5 nitrogen and oxygen atoms in total. The van der Waals surface area contributed by atoms with E-state index in [4.69, 9.17) is 0 Å². The largest absolute Gasteiger partial charge is 0.306 e. The number of likely N-dealkylation sites (N-methyl/N-ethyl adjacent to an activating group) is 1. The van der Waals surface area contributed by atoms with Gasteiger partial charge in [0.15, 0.2) is 5.82 Å². The fourth-order valence-corrected chi connectivity index (χ4v) is 1.49. The van der Waals surface area contributed by atoms with E-state index in [0.29, 0.717) is 5.92 Å². The van der Waals surface area contributed by atoms with Gasteiger partial charge in [0.2, 0.25) is 0 Å². The van der Waals surface area contributed by atoms with Gasteiger partial charge in [-0.25, -0.2) is 0 Å². The summed E-state index contributed by atoms with van der Waals surface area (Å²) in [5.74, 6) is 1.34. The molecule has 0 aromatic carbocycles. The topological polar surface area (TPSA) is 57.7 Å². The quantitative estimate of drug-likeness (QED) is 0.597. The van der Waals surface area contributed by atoms with Crippen molar-refractivity contribution in [3.8, 4) is 0 Å². The monoisotopic (exact) mass is 153 g/mol. The van der Waals surface area contributed by atoms with E-state index in [9.17, 15) is 0 Å². The van der Waals surface area contributed by atoms with Crippen LogP contribution in [0, 0.1) is 0 Å². The fraction of sp³-hybridized carbons (Fsp3) is 0.833. The van der Waals surface area contributed by atoms with E-state index in [-0.39, 0.29) is 0 Å². The highest BCUT2D eigenvalue weighted by atomic mass is 15.5. The van der Waals surface area contributed by atoms with Gasteiger partial charge in [0.25, 0.3) is 0 Å². The number of likely N-dealkylation sites (tertiary alicyclic amines) is 1. The highest BCUT2D eigenvalue weighted by Gasteiger charge is 2.23. The van der Waals surface area contributed by atoms with Crippen molar-refractivity contribution in [2.45, 2.75) is 12.3 Å². The van der Waals surface area contributed by atoms with E-state index in [2.05, 4.69) is 32.6 Å². The Hall–Kier alpha value is -0.970. The molecule has 0 saturated carbocycles. The minimum absolute atomic E-state index is 0.485. The van der Waals surface area contributed by atoms with E-state index in [0.717, 1.165) is 25.3 Å². The van der Waals surface area contributed by atoms with Crippen LogP contribution >= 0.6 is 0 Å². The molecule has 1 aliphatic rings. The number of aromatic amines is 1. The van der Waals surface area contributed by atoms with Crippen LogP contribution in [0.1, 0.15) is 18.2 Å². The van der Waals surface area contributed by atoms with Crippen LogP contribution in [0.4, 0.5) is 0 Å². The average Bonchev–Trinajstić information content (AvgIpc) is 2.55. The second kappa shape index (κ2) is 2.58. The van der Waals surface area contributed by atoms with Gasteiger partial charge in [-0.2, -0.15) is 5.21 Å². The van der Waals surface area contributed by atoms with Gasteiger partial charge in [-0.3, -0.25) is 0 Å². The number of hydrogen-bond acceptors (Lipinski definition) is 4. The van der Waals surface area contributed by atoms with E-state index in [1.165, 1.54) is 0 Å². The predicted octanol–water partition coefficient (Wildman–Crippen LogP) is -0.381. The molecule has 0 radical (unpaired) electrons. The van der Waals surface area contributed by atoms with Crippen LogP contribution in [0.2, 0.25) is 0 Å². The highest BCUT2D eigenvalue weighted by Crippen LogP contribution is 2.21. The number of nitrogens with zero attached hydrogens (tertiary/aromatic N) is 4. The molecule has 1 aromatic rings. The van der Waals surface area contributed by atoms with Gasteiger partial charge in [-0.1, -0.05) is 5.21 Å². The van der Waals surface area contributed by atoms with E-state index in [1.807, 2.05) is 0 Å². The summed E-state index contributed by atoms with van der Waals surface area (Å²) in [6.07, 6.45) is 1.15. The van der Waals surface area contributed by atoms with Crippen molar-refractivity contribution in [3.05, 3.63) is 5.82 Å². The lowest BCUT2D eigenvalue weighted by atomic mass is 10.1. The summed E-state index contributed by atoms with van der Waals surface area (Å²) < 4.78 is 0.